The molecule has 0 aliphatic carbocycles. The van der Waals surface area contributed by atoms with E-state index < -0.39 is 26.6 Å². The standard InChI is InChI=1S/C18H22FN3O3S/c1-13(15-7-10-21(2)12-15)20-18(23)14-5-6-16(19)17(11-14)26(24,25)22-8-3-4-9-22/h5-7,10-13H,3-4,8-9H2,1-2H3,(H,20,23)/t13-/m0/s1. The van der Waals surface area contributed by atoms with E-state index in [1.165, 1.54) is 10.4 Å². The smallest absolute Gasteiger partial charge is 0.251 e. The Labute approximate surface area is 152 Å². The van der Waals surface area contributed by atoms with Crippen LogP contribution in [0, 0.1) is 5.82 Å². The Balaban J connectivity index is 1.83. The van der Waals surface area contributed by atoms with Crippen molar-refractivity contribution in [2.75, 3.05) is 13.1 Å². The van der Waals surface area contributed by atoms with E-state index in [0.717, 1.165) is 30.5 Å². The van der Waals surface area contributed by atoms with Crippen LogP contribution in [0.15, 0.2) is 41.6 Å². The fourth-order valence-corrected chi connectivity index (χ4v) is 4.66. The SMILES string of the molecule is C[C@H](NC(=O)c1ccc(F)c(S(=O)(=O)N2CCCC2)c1)c1ccn(C)c1. The number of hydrogen-bond acceptors (Lipinski definition) is 3. The second kappa shape index (κ2) is 7.20. The summed E-state index contributed by atoms with van der Waals surface area (Å²) in [6, 6.07) is 5.08. The third-order valence-electron chi connectivity index (χ3n) is 4.58. The molecule has 8 heteroatoms. The summed E-state index contributed by atoms with van der Waals surface area (Å²) in [6.07, 6.45) is 5.28. The molecule has 0 unspecified atom stereocenters. The molecule has 0 saturated carbocycles. The van der Waals surface area contributed by atoms with Gasteiger partial charge in [0.15, 0.2) is 0 Å². The molecule has 0 spiro atoms. The first-order valence-electron chi connectivity index (χ1n) is 8.51. The van der Waals surface area contributed by atoms with E-state index >= 15 is 0 Å². The lowest BCUT2D eigenvalue weighted by atomic mass is 10.1. The van der Waals surface area contributed by atoms with Gasteiger partial charge in [0.05, 0.1) is 6.04 Å². The summed E-state index contributed by atoms with van der Waals surface area (Å²) in [6.45, 7) is 2.59. The van der Waals surface area contributed by atoms with Gasteiger partial charge < -0.3 is 9.88 Å². The first-order valence-corrected chi connectivity index (χ1v) is 9.95. The maximum absolute atomic E-state index is 14.2. The Bertz CT molecular complexity index is 918. The van der Waals surface area contributed by atoms with Crippen LogP contribution in [0.4, 0.5) is 4.39 Å². The van der Waals surface area contributed by atoms with Gasteiger partial charge in [-0.1, -0.05) is 0 Å². The Kier molecular flexibility index (Phi) is 5.15. The zero-order valence-electron chi connectivity index (χ0n) is 14.8. The molecular formula is C18H22FN3O3S. The predicted molar refractivity (Wildman–Crippen MR) is 95.7 cm³/mol. The van der Waals surface area contributed by atoms with Crippen molar-refractivity contribution in [2.45, 2.75) is 30.7 Å². The molecule has 0 bridgehead atoms. The molecule has 2 aromatic rings. The number of halogens is 1. The van der Waals surface area contributed by atoms with Crippen molar-refractivity contribution in [1.29, 1.82) is 0 Å². The summed E-state index contributed by atoms with van der Waals surface area (Å²) in [5.74, 6) is -1.29. The van der Waals surface area contributed by atoms with Crippen LogP contribution in [0.25, 0.3) is 0 Å². The van der Waals surface area contributed by atoms with Crippen molar-refractivity contribution >= 4 is 15.9 Å². The molecule has 1 aliphatic rings. The van der Waals surface area contributed by atoms with Gasteiger partial charge in [0, 0.05) is 38.1 Å². The quantitative estimate of drug-likeness (QED) is 0.867. The number of hydrogen-bond donors (Lipinski definition) is 1. The summed E-state index contributed by atoms with van der Waals surface area (Å²) >= 11 is 0. The van der Waals surface area contributed by atoms with Gasteiger partial charge in [0.25, 0.3) is 5.91 Å². The molecule has 140 valence electrons. The first kappa shape index (κ1) is 18.6. The second-order valence-corrected chi connectivity index (χ2v) is 8.47. The van der Waals surface area contributed by atoms with Crippen LogP contribution < -0.4 is 5.32 Å². The highest BCUT2D eigenvalue weighted by atomic mass is 32.2. The molecule has 1 saturated heterocycles. The number of carbonyl (C=O) groups is 1. The van der Waals surface area contributed by atoms with Crippen molar-refractivity contribution in [3.05, 3.63) is 53.6 Å². The number of sulfonamides is 1. The third-order valence-corrected chi connectivity index (χ3v) is 6.49. The zero-order valence-corrected chi connectivity index (χ0v) is 15.6. The molecule has 26 heavy (non-hydrogen) atoms. The Hall–Kier alpha value is -2.19. The number of nitrogens with zero attached hydrogens (tertiary/aromatic N) is 2. The van der Waals surface area contributed by atoms with Crippen molar-refractivity contribution in [3.8, 4) is 0 Å². The molecule has 1 amide bonds. The maximum Gasteiger partial charge on any atom is 0.251 e. The minimum absolute atomic E-state index is 0.118. The average molecular weight is 379 g/mol. The molecule has 0 radical (unpaired) electrons. The summed E-state index contributed by atoms with van der Waals surface area (Å²) in [5.41, 5.74) is 1.04. The number of aromatic nitrogens is 1. The number of rotatable bonds is 5. The minimum Gasteiger partial charge on any atom is -0.357 e. The van der Waals surface area contributed by atoms with Gasteiger partial charge >= 0.3 is 0 Å². The molecule has 3 rings (SSSR count). The van der Waals surface area contributed by atoms with Gasteiger partial charge in [-0.25, -0.2) is 12.8 Å². The molecule has 1 N–H and O–H groups in total. The molecule has 1 aliphatic heterocycles. The zero-order chi connectivity index (χ0) is 18.9. The highest BCUT2D eigenvalue weighted by molar-refractivity contribution is 7.89. The van der Waals surface area contributed by atoms with Gasteiger partial charge in [-0.2, -0.15) is 4.31 Å². The van der Waals surface area contributed by atoms with Crippen LogP contribution in [0.5, 0.6) is 0 Å². The normalized spacial score (nSPS) is 16.6. The summed E-state index contributed by atoms with van der Waals surface area (Å²) in [5, 5.41) is 2.81. The van der Waals surface area contributed by atoms with Gasteiger partial charge in [0.1, 0.15) is 10.7 Å². The summed E-state index contributed by atoms with van der Waals surface area (Å²) in [4.78, 5) is 12.1. The average Bonchev–Trinajstić information content (AvgIpc) is 3.26. The van der Waals surface area contributed by atoms with E-state index in [4.69, 9.17) is 0 Å². The van der Waals surface area contributed by atoms with Crippen LogP contribution in [-0.2, 0) is 17.1 Å². The predicted octanol–water partition coefficient (Wildman–Crippen LogP) is 2.44. The minimum atomic E-state index is -3.93. The Morgan fingerprint density at radius 1 is 1.23 bits per heavy atom. The first-order chi connectivity index (χ1) is 12.3. The van der Waals surface area contributed by atoms with E-state index in [1.54, 1.807) is 0 Å². The summed E-state index contributed by atoms with van der Waals surface area (Å²) < 4.78 is 42.6. The van der Waals surface area contributed by atoms with Gasteiger partial charge in [-0.15, -0.1) is 0 Å². The lowest BCUT2D eigenvalue weighted by molar-refractivity contribution is 0.0939. The van der Waals surface area contributed by atoms with Gasteiger partial charge in [-0.05, 0) is 49.6 Å². The lowest BCUT2D eigenvalue weighted by Gasteiger charge is -2.17. The van der Waals surface area contributed by atoms with E-state index in [9.17, 15) is 17.6 Å². The highest BCUT2D eigenvalue weighted by Crippen LogP contribution is 2.24. The lowest BCUT2D eigenvalue weighted by Crippen LogP contribution is -2.30. The number of benzene rings is 1. The van der Waals surface area contributed by atoms with Crippen molar-refractivity contribution in [2.24, 2.45) is 7.05 Å². The molecule has 1 atom stereocenters. The van der Waals surface area contributed by atoms with Crippen LogP contribution in [0.3, 0.4) is 0 Å². The maximum atomic E-state index is 14.2. The van der Waals surface area contributed by atoms with Crippen LogP contribution in [0.2, 0.25) is 0 Å². The van der Waals surface area contributed by atoms with Gasteiger partial charge in [-0.3, -0.25) is 4.79 Å². The van der Waals surface area contributed by atoms with E-state index in [1.807, 2.05) is 37.0 Å². The summed E-state index contributed by atoms with van der Waals surface area (Å²) in [7, 11) is -2.05. The number of amides is 1. The van der Waals surface area contributed by atoms with E-state index in [0.29, 0.717) is 13.1 Å². The van der Waals surface area contributed by atoms with Gasteiger partial charge in [0.2, 0.25) is 10.0 Å². The third kappa shape index (κ3) is 3.66. The molecule has 1 fully saturated rings. The molecule has 1 aromatic carbocycles. The molecular weight excluding hydrogens is 357 g/mol. The monoisotopic (exact) mass is 379 g/mol. The number of carbonyl (C=O) groups excluding carboxylic acids is 1. The second-order valence-electron chi connectivity index (χ2n) is 6.56. The van der Waals surface area contributed by atoms with Crippen molar-refractivity contribution in [1.82, 2.24) is 14.2 Å². The topological polar surface area (TPSA) is 71.4 Å². The Morgan fingerprint density at radius 2 is 1.92 bits per heavy atom. The molecule has 1 aromatic heterocycles. The van der Waals surface area contributed by atoms with Crippen molar-refractivity contribution < 1.29 is 17.6 Å². The van der Waals surface area contributed by atoms with Crippen LogP contribution >= 0.6 is 0 Å². The number of aryl methyl sites for hydroxylation is 1. The van der Waals surface area contributed by atoms with E-state index in [-0.39, 0.29) is 11.6 Å². The highest BCUT2D eigenvalue weighted by Gasteiger charge is 2.30. The largest absolute Gasteiger partial charge is 0.357 e. The number of nitrogens with one attached hydrogen (secondary N) is 1. The fraction of sp³-hybridized carbons (Fsp3) is 0.389. The van der Waals surface area contributed by atoms with E-state index in [2.05, 4.69) is 5.32 Å². The fourth-order valence-electron chi connectivity index (χ4n) is 3.05. The van der Waals surface area contributed by atoms with Crippen molar-refractivity contribution in [3.63, 3.8) is 0 Å². The van der Waals surface area contributed by atoms with Crippen LogP contribution in [0.1, 0.15) is 41.7 Å². The Morgan fingerprint density at radius 3 is 2.54 bits per heavy atom. The molecule has 6 nitrogen and oxygen atoms in total. The van der Waals surface area contributed by atoms with Crippen LogP contribution in [-0.4, -0.2) is 36.3 Å². The molecule has 2 heterocycles.